The molecule has 3 heterocycles. The summed E-state index contributed by atoms with van der Waals surface area (Å²) < 4.78 is 6.93. The lowest BCUT2D eigenvalue weighted by Gasteiger charge is -2.57. The Hall–Kier alpha value is -3.19. The van der Waals surface area contributed by atoms with Gasteiger partial charge in [0.05, 0.1) is 30.2 Å². The molecule has 0 spiro atoms. The number of carbonyl (C=O) groups excluding carboxylic acids is 1. The Labute approximate surface area is 176 Å². The van der Waals surface area contributed by atoms with E-state index in [1.54, 1.807) is 24.1 Å². The molecule has 0 aliphatic carbocycles. The summed E-state index contributed by atoms with van der Waals surface area (Å²) in [5, 5.41) is 4.68. The van der Waals surface area contributed by atoms with Crippen molar-refractivity contribution < 1.29 is 9.53 Å². The molecule has 2 aromatic heterocycles. The van der Waals surface area contributed by atoms with Crippen LogP contribution in [0.25, 0.3) is 16.9 Å². The Bertz CT molecular complexity index is 1040. The van der Waals surface area contributed by atoms with Crippen LogP contribution in [0.4, 0.5) is 0 Å². The summed E-state index contributed by atoms with van der Waals surface area (Å²) in [5.41, 5.74) is 2.76. The molecule has 0 N–H and O–H groups in total. The third-order valence-corrected chi connectivity index (χ3v) is 5.91. The van der Waals surface area contributed by atoms with Gasteiger partial charge < -0.3 is 14.5 Å². The van der Waals surface area contributed by atoms with Crippen molar-refractivity contribution in [1.82, 2.24) is 24.6 Å². The first-order valence-corrected chi connectivity index (χ1v) is 9.97. The minimum atomic E-state index is -0.251. The molecule has 30 heavy (non-hydrogen) atoms. The number of nitrogens with zero attached hydrogens (tertiary/aromatic N) is 5. The number of pyridine rings is 1. The zero-order chi connectivity index (χ0) is 21.5. The van der Waals surface area contributed by atoms with Crippen molar-refractivity contribution in [3.63, 3.8) is 0 Å². The predicted octanol–water partition coefficient (Wildman–Crippen LogP) is 3.11. The van der Waals surface area contributed by atoms with Gasteiger partial charge in [0.25, 0.3) is 5.91 Å². The van der Waals surface area contributed by atoms with E-state index in [0.717, 1.165) is 16.9 Å². The molecule has 0 saturated carbocycles. The van der Waals surface area contributed by atoms with Gasteiger partial charge in [0.1, 0.15) is 0 Å². The van der Waals surface area contributed by atoms with Gasteiger partial charge in [-0.25, -0.2) is 9.67 Å². The SMILES string of the molecule is COc1ccc(-n2nc(C(=O)N3CC(N(C)C)C3(C)C)cc2-c2ccccc2)cn1. The summed E-state index contributed by atoms with van der Waals surface area (Å²) in [5.74, 6) is 0.469. The molecule has 0 radical (unpaired) electrons. The normalized spacial score (nSPS) is 17.7. The van der Waals surface area contributed by atoms with Crippen LogP contribution in [0.1, 0.15) is 24.3 Å². The molecule has 1 amide bonds. The highest BCUT2D eigenvalue weighted by Crippen LogP contribution is 2.35. The summed E-state index contributed by atoms with van der Waals surface area (Å²) in [7, 11) is 5.68. The van der Waals surface area contributed by atoms with Gasteiger partial charge in [0.2, 0.25) is 5.88 Å². The number of ether oxygens (including phenoxy) is 1. The van der Waals surface area contributed by atoms with Crippen molar-refractivity contribution in [3.05, 3.63) is 60.4 Å². The number of hydrogen-bond acceptors (Lipinski definition) is 5. The molecule has 1 atom stereocenters. The highest BCUT2D eigenvalue weighted by atomic mass is 16.5. The largest absolute Gasteiger partial charge is 0.481 e. The summed E-state index contributed by atoms with van der Waals surface area (Å²) in [6.45, 7) is 4.89. The molecule has 3 aromatic rings. The summed E-state index contributed by atoms with van der Waals surface area (Å²) >= 11 is 0. The third-order valence-electron chi connectivity index (χ3n) is 5.91. The number of likely N-dealkylation sites (tertiary alicyclic amines) is 1. The van der Waals surface area contributed by atoms with Gasteiger partial charge in [-0.2, -0.15) is 5.10 Å². The average Bonchev–Trinajstić information content (AvgIpc) is 3.19. The van der Waals surface area contributed by atoms with E-state index in [9.17, 15) is 4.79 Å². The molecular weight excluding hydrogens is 378 g/mol. The molecule has 156 valence electrons. The van der Waals surface area contributed by atoms with Crippen LogP contribution in [0.5, 0.6) is 5.88 Å². The maximum atomic E-state index is 13.3. The van der Waals surface area contributed by atoms with Gasteiger partial charge >= 0.3 is 0 Å². The van der Waals surface area contributed by atoms with Crippen LogP contribution < -0.4 is 4.74 Å². The zero-order valence-corrected chi connectivity index (χ0v) is 18.0. The van der Waals surface area contributed by atoms with E-state index in [1.807, 2.05) is 61.5 Å². The van der Waals surface area contributed by atoms with Crippen LogP contribution in [-0.4, -0.2) is 69.8 Å². The highest BCUT2D eigenvalue weighted by Gasteiger charge is 2.50. The second-order valence-corrected chi connectivity index (χ2v) is 8.30. The first-order valence-electron chi connectivity index (χ1n) is 9.97. The lowest BCUT2D eigenvalue weighted by atomic mass is 9.82. The van der Waals surface area contributed by atoms with Crippen molar-refractivity contribution in [1.29, 1.82) is 0 Å². The second-order valence-electron chi connectivity index (χ2n) is 8.30. The molecule has 7 heteroatoms. The summed E-state index contributed by atoms with van der Waals surface area (Å²) in [6.07, 6.45) is 1.70. The van der Waals surface area contributed by atoms with Crippen LogP contribution in [0.2, 0.25) is 0 Å². The van der Waals surface area contributed by atoms with E-state index >= 15 is 0 Å². The predicted molar refractivity (Wildman–Crippen MR) is 116 cm³/mol. The van der Waals surface area contributed by atoms with E-state index in [-0.39, 0.29) is 11.4 Å². The summed E-state index contributed by atoms with van der Waals surface area (Å²) in [4.78, 5) is 21.7. The molecule has 1 saturated heterocycles. The Balaban J connectivity index is 1.73. The fourth-order valence-electron chi connectivity index (χ4n) is 4.09. The topological polar surface area (TPSA) is 63.5 Å². The van der Waals surface area contributed by atoms with Gasteiger partial charge in [-0.05, 0) is 40.1 Å². The van der Waals surface area contributed by atoms with Gasteiger partial charge in [0.15, 0.2) is 5.69 Å². The van der Waals surface area contributed by atoms with Crippen molar-refractivity contribution in [2.24, 2.45) is 0 Å². The lowest BCUT2D eigenvalue weighted by Crippen LogP contribution is -2.73. The number of rotatable bonds is 5. The van der Waals surface area contributed by atoms with Crippen molar-refractivity contribution in [2.75, 3.05) is 27.7 Å². The molecule has 7 nitrogen and oxygen atoms in total. The maximum absolute atomic E-state index is 13.3. The monoisotopic (exact) mass is 405 g/mol. The number of benzene rings is 1. The number of carbonyl (C=O) groups is 1. The number of likely N-dealkylation sites (N-methyl/N-ethyl adjacent to an activating group) is 1. The molecule has 0 bridgehead atoms. The van der Waals surface area contributed by atoms with Gasteiger partial charge in [0, 0.05) is 24.2 Å². The number of hydrogen-bond donors (Lipinski definition) is 0. The van der Waals surface area contributed by atoms with Crippen LogP contribution in [0, 0.1) is 0 Å². The molecule has 1 aliphatic rings. The van der Waals surface area contributed by atoms with E-state index in [1.165, 1.54) is 0 Å². The van der Waals surface area contributed by atoms with Crippen molar-refractivity contribution in [2.45, 2.75) is 25.4 Å². The maximum Gasteiger partial charge on any atom is 0.274 e. The fourth-order valence-corrected chi connectivity index (χ4v) is 4.09. The highest BCUT2D eigenvalue weighted by molar-refractivity contribution is 5.95. The lowest BCUT2D eigenvalue weighted by molar-refractivity contribution is -0.0485. The summed E-state index contributed by atoms with van der Waals surface area (Å²) in [6, 6.07) is 15.8. The second kappa shape index (κ2) is 7.57. The van der Waals surface area contributed by atoms with E-state index in [0.29, 0.717) is 24.2 Å². The quantitative estimate of drug-likeness (QED) is 0.653. The minimum absolute atomic E-state index is 0.0597. The van der Waals surface area contributed by atoms with E-state index in [4.69, 9.17) is 4.74 Å². The number of aromatic nitrogens is 3. The average molecular weight is 406 g/mol. The smallest absolute Gasteiger partial charge is 0.274 e. The Morgan fingerprint density at radius 2 is 1.90 bits per heavy atom. The Morgan fingerprint density at radius 3 is 2.47 bits per heavy atom. The van der Waals surface area contributed by atoms with E-state index < -0.39 is 0 Å². The first kappa shape index (κ1) is 20.1. The number of amides is 1. The number of methoxy groups -OCH3 is 1. The fraction of sp³-hybridized carbons (Fsp3) is 0.348. The van der Waals surface area contributed by atoms with Gasteiger partial charge in [-0.3, -0.25) is 4.79 Å². The van der Waals surface area contributed by atoms with Crippen LogP contribution in [-0.2, 0) is 0 Å². The van der Waals surface area contributed by atoms with Crippen LogP contribution in [0.15, 0.2) is 54.7 Å². The molecule has 1 unspecified atom stereocenters. The molecule has 1 aliphatic heterocycles. The first-order chi connectivity index (χ1) is 14.3. The molecule has 1 fully saturated rings. The zero-order valence-electron chi connectivity index (χ0n) is 18.0. The van der Waals surface area contributed by atoms with Gasteiger partial charge in [-0.15, -0.1) is 0 Å². The van der Waals surface area contributed by atoms with Crippen LogP contribution >= 0.6 is 0 Å². The van der Waals surface area contributed by atoms with Crippen molar-refractivity contribution >= 4 is 5.91 Å². The van der Waals surface area contributed by atoms with Gasteiger partial charge in [-0.1, -0.05) is 30.3 Å². The molecule has 1 aromatic carbocycles. The standard InChI is InChI=1S/C23H27N5O2/c1-23(2)20(26(3)4)15-27(23)22(29)18-13-19(16-9-7-6-8-10-16)28(25-18)17-11-12-21(30-5)24-14-17/h6-14,20H,15H2,1-5H3. The third kappa shape index (κ3) is 3.35. The van der Waals surface area contributed by atoms with Crippen LogP contribution in [0.3, 0.4) is 0 Å². The molecular formula is C23H27N5O2. The molecule has 4 rings (SSSR count). The Morgan fingerprint density at radius 1 is 1.17 bits per heavy atom. The Kier molecular flexibility index (Phi) is 5.07. The van der Waals surface area contributed by atoms with E-state index in [2.05, 4.69) is 28.8 Å². The minimum Gasteiger partial charge on any atom is -0.481 e. The van der Waals surface area contributed by atoms with Crippen molar-refractivity contribution in [3.8, 4) is 22.8 Å².